The van der Waals surface area contributed by atoms with E-state index >= 15 is 0 Å². The first kappa shape index (κ1) is 15.7. The molecule has 0 atom stereocenters. The van der Waals surface area contributed by atoms with Crippen molar-refractivity contribution in [3.63, 3.8) is 0 Å². The van der Waals surface area contributed by atoms with Crippen molar-refractivity contribution in [3.8, 4) is 5.69 Å². The number of carbonyl (C=O) groups excluding carboxylic acids is 1. The van der Waals surface area contributed by atoms with Crippen molar-refractivity contribution in [1.82, 2.24) is 15.0 Å². The molecule has 6 nitrogen and oxygen atoms in total. The van der Waals surface area contributed by atoms with Gasteiger partial charge in [-0.1, -0.05) is 18.2 Å². The molecule has 3 rings (SSSR count). The molecule has 0 radical (unpaired) electrons. The maximum Gasteiger partial charge on any atom is 0.337 e. The van der Waals surface area contributed by atoms with Crippen LogP contribution in [-0.2, 0) is 11.3 Å². The molecule has 0 aliphatic heterocycles. The summed E-state index contributed by atoms with van der Waals surface area (Å²) in [6.45, 7) is 2.49. The van der Waals surface area contributed by atoms with Gasteiger partial charge in [-0.25, -0.2) is 4.79 Å². The number of anilines is 1. The van der Waals surface area contributed by atoms with E-state index in [1.165, 1.54) is 7.11 Å². The van der Waals surface area contributed by atoms with Gasteiger partial charge >= 0.3 is 5.97 Å². The topological polar surface area (TPSA) is 69.0 Å². The summed E-state index contributed by atoms with van der Waals surface area (Å²) in [4.78, 5) is 13.1. The fraction of sp³-hybridized carbons (Fsp3) is 0.167. The fourth-order valence-electron chi connectivity index (χ4n) is 2.28. The van der Waals surface area contributed by atoms with Gasteiger partial charge in [0.15, 0.2) is 0 Å². The number of rotatable bonds is 5. The first-order valence-corrected chi connectivity index (χ1v) is 7.58. The molecule has 0 saturated heterocycles. The second kappa shape index (κ2) is 6.95. The molecule has 0 saturated carbocycles. The minimum atomic E-state index is -0.344. The Bertz CT molecular complexity index is 826. The van der Waals surface area contributed by atoms with Crippen LogP contribution in [0.5, 0.6) is 0 Å². The molecule has 0 spiro atoms. The number of ether oxygens (including phenoxy) is 1. The number of para-hydroxylation sites is 1. The largest absolute Gasteiger partial charge is 0.465 e. The van der Waals surface area contributed by atoms with E-state index in [1.807, 2.05) is 49.4 Å². The third kappa shape index (κ3) is 3.43. The highest BCUT2D eigenvalue weighted by molar-refractivity contribution is 5.89. The van der Waals surface area contributed by atoms with Crippen molar-refractivity contribution >= 4 is 11.7 Å². The van der Waals surface area contributed by atoms with Crippen molar-refractivity contribution in [3.05, 3.63) is 71.5 Å². The molecule has 1 heterocycles. The third-order valence-corrected chi connectivity index (χ3v) is 3.63. The lowest BCUT2D eigenvalue weighted by Crippen LogP contribution is -2.04. The summed E-state index contributed by atoms with van der Waals surface area (Å²) in [5, 5.41) is 12.3. The van der Waals surface area contributed by atoms with E-state index in [-0.39, 0.29) is 5.97 Å². The molecule has 1 aromatic heterocycles. The summed E-state index contributed by atoms with van der Waals surface area (Å²) in [6, 6.07) is 16.9. The predicted molar refractivity (Wildman–Crippen MR) is 91.2 cm³/mol. The highest BCUT2D eigenvalue weighted by Gasteiger charge is 2.09. The number of nitrogens with one attached hydrogen (secondary N) is 1. The average molecular weight is 322 g/mol. The minimum Gasteiger partial charge on any atom is -0.465 e. The Balaban J connectivity index is 1.69. The maximum atomic E-state index is 11.4. The summed E-state index contributed by atoms with van der Waals surface area (Å²) >= 11 is 0. The van der Waals surface area contributed by atoms with E-state index in [0.29, 0.717) is 12.1 Å². The van der Waals surface area contributed by atoms with Crippen LogP contribution >= 0.6 is 0 Å². The third-order valence-electron chi connectivity index (χ3n) is 3.63. The standard InChI is InChI=1S/C18H18N4O2/c1-13-17(21-22(20-13)16-6-4-3-5-7-16)12-19-15-10-8-14(9-11-15)18(23)24-2/h3-11,19H,12H2,1-2H3. The summed E-state index contributed by atoms with van der Waals surface area (Å²) < 4.78 is 4.69. The van der Waals surface area contributed by atoms with Gasteiger partial charge in [0.05, 0.1) is 30.6 Å². The van der Waals surface area contributed by atoms with Crippen molar-refractivity contribution < 1.29 is 9.53 Å². The molecule has 1 N–H and O–H groups in total. The molecule has 24 heavy (non-hydrogen) atoms. The smallest absolute Gasteiger partial charge is 0.337 e. The summed E-state index contributed by atoms with van der Waals surface area (Å²) in [5.41, 5.74) is 4.09. The van der Waals surface area contributed by atoms with Crippen LogP contribution in [0.4, 0.5) is 5.69 Å². The number of hydrogen-bond donors (Lipinski definition) is 1. The van der Waals surface area contributed by atoms with Crippen LogP contribution in [0.25, 0.3) is 5.69 Å². The van der Waals surface area contributed by atoms with Gasteiger partial charge in [-0.05, 0) is 43.3 Å². The lowest BCUT2D eigenvalue weighted by atomic mass is 10.2. The van der Waals surface area contributed by atoms with Gasteiger partial charge in [-0.2, -0.15) is 15.0 Å². The quantitative estimate of drug-likeness (QED) is 0.731. The Kier molecular flexibility index (Phi) is 4.56. The van der Waals surface area contributed by atoms with Gasteiger partial charge in [0.1, 0.15) is 5.69 Å². The molecular formula is C18H18N4O2. The molecule has 0 amide bonds. The Hall–Kier alpha value is -3.15. The molecule has 6 heteroatoms. The number of benzene rings is 2. The van der Waals surface area contributed by atoms with E-state index in [0.717, 1.165) is 22.8 Å². The first-order chi connectivity index (χ1) is 11.7. The zero-order valence-corrected chi connectivity index (χ0v) is 13.6. The van der Waals surface area contributed by atoms with Crippen LogP contribution in [0.1, 0.15) is 21.7 Å². The summed E-state index contributed by atoms with van der Waals surface area (Å²) in [7, 11) is 1.37. The van der Waals surface area contributed by atoms with Gasteiger partial charge in [0.25, 0.3) is 0 Å². The normalized spacial score (nSPS) is 10.4. The molecule has 0 fully saturated rings. The molecule has 122 valence electrons. The van der Waals surface area contributed by atoms with Crippen LogP contribution in [0.15, 0.2) is 54.6 Å². The summed E-state index contributed by atoms with van der Waals surface area (Å²) in [5.74, 6) is -0.344. The number of nitrogens with zero attached hydrogens (tertiary/aromatic N) is 3. The Morgan fingerprint density at radius 2 is 1.79 bits per heavy atom. The lowest BCUT2D eigenvalue weighted by molar-refractivity contribution is 0.0601. The molecule has 2 aromatic carbocycles. The van der Waals surface area contributed by atoms with Gasteiger partial charge in [0.2, 0.25) is 0 Å². The zero-order chi connectivity index (χ0) is 16.9. The van der Waals surface area contributed by atoms with Gasteiger partial charge in [-0.3, -0.25) is 0 Å². The van der Waals surface area contributed by atoms with Gasteiger partial charge in [-0.15, -0.1) is 0 Å². The molecule has 3 aromatic rings. The maximum absolute atomic E-state index is 11.4. The number of aryl methyl sites for hydroxylation is 1. The molecule has 0 unspecified atom stereocenters. The predicted octanol–water partition coefficient (Wildman–Crippen LogP) is 2.97. The SMILES string of the molecule is COC(=O)c1ccc(NCc2nn(-c3ccccc3)nc2C)cc1. The monoisotopic (exact) mass is 322 g/mol. The van der Waals surface area contributed by atoms with Crippen LogP contribution in [-0.4, -0.2) is 28.1 Å². The van der Waals surface area contributed by atoms with Crippen molar-refractivity contribution in [2.75, 3.05) is 12.4 Å². The van der Waals surface area contributed by atoms with Crippen LogP contribution in [0, 0.1) is 6.92 Å². The second-order valence-corrected chi connectivity index (χ2v) is 5.28. The lowest BCUT2D eigenvalue weighted by Gasteiger charge is -2.05. The fourth-order valence-corrected chi connectivity index (χ4v) is 2.28. The highest BCUT2D eigenvalue weighted by Crippen LogP contribution is 2.13. The number of hydrogen-bond acceptors (Lipinski definition) is 5. The summed E-state index contributed by atoms with van der Waals surface area (Å²) in [6.07, 6.45) is 0. The highest BCUT2D eigenvalue weighted by atomic mass is 16.5. The molecule has 0 aliphatic rings. The van der Waals surface area contributed by atoms with E-state index in [1.54, 1.807) is 16.9 Å². The first-order valence-electron chi connectivity index (χ1n) is 7.58. The number of aromatic nitrogens is 3. The van der Waals surface area contributed by atoms with Crippen LogP contribution in [0.2, 0.25) is 0 Å². The van der Waals surface area contributed by atoms with Crippen molar-refractivity contribution in [2.45, 2.75) is 13.5 Å². The number of esters is 1. The molecule has 0 bridgehead atoms. The van der Waals surface area contributed by atoms with Crippen LogP contribution < -0.4 is 5.32 Å². The van der Waals surface area contributed by atoms with E-state index in [4.69, 9.17) is 0 Å². The second-order valence-electron chi connectivity index (χ2n) is 5.28. The molecule has 0 aliphatic carbocycles. The zero-order valence-electron chi connectivity index (χ0n) is 13.6. The van der Waals surface area contributed by atoms with Gasteiger partial charge < -0.3 is 10.1 Å². The average Bonchev–Trinajstić information content (AvgIpc) is 3.01. The van der Waals surface area contributed by atoms with E-state index in [2.05, 4.69) is 20.3 Å². The number of carbonyl (C=O) groups is 1. The van der Waals surface area contributed by atoms with E-state index in [9.17, 15) is 4.79 Å². The minimum absolute atomic E-state index is 0.344. The molecular weight excluding hydrogens is 304 g/mol. The van der Waals surface area contributed by atoms with Gasteiger partial charge in [0, 0.05) is 5.69 Å². The van der Waals surface area contributed by atoms with Crippen LogP contribution in [0.3, 0.4) is 0 Å². The van der Waals surface area contributed by atoms with Crippen molar-refractivity contribution in [2.24, 2.45) is 0 Å². The Labute approximate surface area is 140 Å². The van der Waals surface area contributed by atoms with Crippen molar-refractivity contribution in [1.29, 1.82) is 0 Å². The Morgan fingerprint density at radius 3 is 2.46 bits per heavy atom. The number of methoxy groups -OCH3 is 1. The van der Waals surface area contributed by atoms with E-state index < -0.39 is 0 Å². The Morgan fingerprint density at radius 1 is 1.08 bits per heavy atom.